The molecule has 0 bridgehead atoms. The second-order valence-corrected chi connectivity index (χ2v) is 11.7. The zero-order chi connectivity index (χ0) is 30.5. The molecule has 0 radical (unpaired) electrons. The van der Waals surface area contributed by atoms with Gasteiger partial charge in [-0.25, -0.2) is 18.2 Å². The number of hydrogen-bond donors (Lipinski definition) is 2. The van der Waals surface area contributed by atoms with Crippen LogP contribution >= 0.6 is 11.6 Å². The van der Waals surface area contributed by atoms with E-state index in [-0.39, 0.29) is 41.7 Å². The van der Waals surface area contributed by atoms with Gasteiger partial charge in [0.2, 0.25) is 5.91 Å². The molecule has 3 aromatic rings. The molecule has 0 spiro atoms. The third kappa shape index (κ3) is 5.09. The average molecular weight is 612 g/mol. The summed E-state index contributed by atoms with van der Waals surface area (Å²) in [4.78, 5) is 49.3. The Kier molecular flexibility index (Phi) is 7.32. The van der Waals surface area contributed by atoms with Gasteiger partial charge in [0.1, 0.15) is 17.7 Å². The van der Waals surface area contributed by atoms with E-state index in [1.54, 1.807) is 31.3 Å². The minimum atomic E-state index is -2.89. The Morgan fingerprint density at radius 2 is 1.86 bits per heavy atom. The fraction of sp³-hybridized carbons (Fsp3) is 0.355. The highest BCUT2D eigenvalue weighted by Crippen LogP contribution is 2.47. The molecular weight excluding hydrogens is 583 g/mol. The number of rotatable bonds is 7. The van der Waals surface area contributed by atoms with Gasteiger partial charge in [-0.2, -0.15) is 0 Å². The van der Waals surface area contributed by atoms with E-state index in [9.17, 15) is 27.6 Å². The normalized spacial score (nSPS) is 22.6. The average Bonchev–Trinajstić information content (AvgIpc) is 3.53. The Bertz CT molecular complexity index is 1590. The van der Waals surface area contributed by atoms with E-state index >= 15 is 0 Å². The van der Waals surface area contributed by atoms with Crippen LogP contribution in [0.25, 0.3) is 0 Å². The number of nitrogens with zero attached hydrogens (tertiary/aromatic N) is 3. The first-order valence-corrected chi connectivity index (χ1v) is 14.4. The van der Waals surface area contributed by atoms with Crippen molar-refractivity contribution in [1.29, 1.82) is 0 Å². The number of halogens is 4. The molecule has 2 aromatic carbocycles. The Labute approximate surface area is 251 Å². The fourth-order valence-corrected chi connectivity index (χ4v) is 6.71. The number of aromatic nitrogens is 1. The van der Waals surface area contributed by atoms with E-state index in [0.717, 1.165) is 17.7 Å². The largest absolute Gasteiger partial charge is 0.388 e. The summed E-state index contributed by atoms with van der Waals surface area (Å²) in [6.07, 6.45) is 1.15. The SMILES string of the molecule is CNc1ccnc(N2C(=O)CC[C@H]2C(=O)N(c2cc(F)cc(Cl)c2)[C@]2(C(=O)NC3CC(F)(F)C3)CCc3ccccc32)c1. The van der Waals surface area contributed by atoms with Gasteiger partial charge in [0.15, 0.2) is 5.54 Å². The Morgan fingerprint density at radius 1 is 1.09 bits per heavy atom. The maximum atomic E-state index is 14.9. The molecule has 1 aliphatic heterocycles. The minimum Gasteiger partial charge on any atom is -0.388 e. The molecule has 1 aromatic heterocycles. The minimum absolute atomic E-state index is 0.00369. The van der Waals surface area contributed by atoms with Crippen molar-refractivity contribution < 1.29 is 27.6 Å². The Morgan fingerprint density at radius 3 is 2.58 bits per heavy atom. The van der Waals surface area contributed by atoms with Crippen LogP contribution in [0.15, 0.2) is 60.8 Å². The van der Waals surface area contributed by atoms with Crippen molar-refractivity contribution in [2.45, 2.75) is 62.1 Å². The topological polar surface area (TPSA) is 94.6 Å². The van der Waals surface area contributed by atoms with Crippen LogP contribution in [0, 0.1) is 5.82 Å². The van der Waals surface area contributed by atoms with E-state index < -0.39 is 54.0 Å². The number of carbonyl (C=O) groups is 3. The predicted molar refractivity (Wildman–Crippen MR) is 156 cm³/mol. The van der Waals surface area contributed by atoms with E-state index in [4.69, 9.17) is 11.6 Å². The third-order valence-corrected chi connectivity index (χ3v) is 8.72. The maximum absolute atomic E-state index is 14.9. The predicted octanol–water partition coefficient (Wildman–Crippen LogP) is 5.20. The van der Waals surface area contributed by atoms with Crippen LogP contribution in [0.4, 0.5) is 30.4 Å². The second-order valence-electron chi connectivity index (χ2n) is 11.2. The van der Waals surface area contributed by atoms with Crippen LogP contribution in [0.1, 0.15) is 43.2 Å². The highest BCUT2D eigenvalue weighted by Gasteiger charge is 2.57. The third-order valence-electron chi connectivity index (χ3n) is 8.51. The van der Waals surface area contributed by atoms with Crippen molar-refractivity contribution in [2.24, 2.45) is 0 Å². The number of carbonyl (C=O) groups excluding carboxylic acids is 3. The number of amides is 3. The monoisotopic (exact) mass is 611 g/mol. The highest BCUT2D eigenvalue weighted by atomic mass is 35.5. The molecule has 224 valence electrons. The van der Waals surface area contributed by atoms with Gasteiger partial charge in [-0.05, 0) is 54.7 Å². The molecule has 2 aliphatic carbocycles. The van der Waals surface area contributed by atoms with Crippen molar-refractivity contribution in [2.75, 3.05) is 22.2 Å². The lowest BCUT2D eigenvalue weighted by atomic mass is 9.83. The van der Waals surface area contributed by atoms with Gasteiger partial charge in [-0.1, -0.05) is 35.9 Å². The number of alkyl halides is 2. The Hall–Kier alpha value is -4.12. The van der Waals surface area contributed by atoms with Crippen LogP contribution in [-0.4, -0.2) is 47.8 Å². The molecule has 2 heterocycles. The molecule has 2 N–H and O–H groups in total. The van der Waals surface area contributed by atoms with E-state index in [1.165, 1.54) is 22.1 Å². The van der Waals surface area contributed by atoms with Crippen LogP contribution < -0.4 is 20.4 Å². The zero-order valence-electron chi connectivity index (χ0n) is 23.2. The number of aryl methyl sites for hydroxylation is 1. The first kappa shape index (κ1) is 29.0. The molecule has 1 saturated heterocycles. The van der Waals surface area contributed by atoms with Gasteiger partial charge in [-0.3, -0.25) is 24.2 Å². The van der Waals surface area contributed by atoms with Gasteiger partial charge >= 0.3 is 0 Å². The lowest BCUT2D eigenvalue weighted by Crippen LogP contribution is -2.64. The quantitative estimate of drug-likeness (QED) is 0.383. The second kappa shape index (κ2) is 10.9. The van der Waals surface area contributed by atoms with Crippen molar-refractivity contribution >= 4 is 46.5 Å². The molecule has 8 nitrogen and oxygen atoms in total. The summed E-state index contributed by atoms with van der Waals surface area (Å²) in [5.74, 6) is -5.01. The van der Waals surface area contributed by atoms with E-state index in [0.29, 0.717) is 17.7 Å². The van der Waals surface area contributed by atoms with Crippen molar-refractivity contribution in [3.8, 4) is 0 Å². The fourth-order valence-electron chi connectivity index (χ4n) is 6.49. The summed E-state index contributed by atoms with van der Waals surface area (Å²) in [5, 5.41) is 5.73. The van der Waals surface area contributed by atoms with Gasteiger partial charge in [0, 0.05) is 61.0 Å². The highest BCUT2D eigenvalue weighted by molar-refractivity contribution is 6.31. The molecule has 3 amide bonds. The van der Waals surface area contributed by atoms with Crippen molar-refractivity contribution in [3.63, 3.8) is 0 Å². The lowest BCUT2D eigenvalue weighted by molar-refractivity contribution is -0.137. The van der Waals surface area contributed by atoms with Gasteiger partial charge < -0.3 is 10.6 Å². The van der Waals surface area contributed by atoms with E-state index in [1.807, 2.05) is 12.1 Å². The number of fused-ring (bicyclic) bond motifs is 1. The molecule has 2 fully saturated rings. The molecule has 6 rings (SSSR count). The summed E-state index contributed by atoms with van der Waals surface area (Å²) < 4.78 is 42.4. The summed E-state index contributed by atoms with van der Waals surface area (Å²) in [6.45, 7) is 0. The lowest BCUT2D eigenvalue weighted by Gasteiger charge is -2.45. The standard InChI is InChI=1S/C31H29ClF3N5O3/c1-36-21-9-11-37-26(15-21)39-25(6-7-27(39)41)28(42)40(23-13-19(32)12-20(33)14-23)31(10-8-18-4-2-3-5-24(18)31)29(43)38-22-16-30(34,35)17-22/h2-5,9,11-15,22,25H,6-8,10,16-17H2,1H3,(H,36,37)(H,38,43)/t25-,31+/m0/s1. The Balaban J connectivity index is 1.50. The first-order valence-electron chi connectivity index (χ1n) is 14.1. The van der Waals surface area contributed by atoms with Gasteiger partial charge in [0.25, 0.3) is 17.7 Å². The van der Waals surface area contributed by atoms with Crippen molar-refractivity contribution in [3.05, 3.63) is 82.8 Å². The molecule has 0 unspecified atom stereocenters. The summed E-state index contributed by atoms with van der Waals surface area (Å²) in [5.41, 5.74) is 0.241. The number of hydrogen-bond acceptors (Lipinski definition) is 5. The summed E-state index contributed by atoms with van der Waals surface area (Å²) in [6, 6.07) is 12.1. The maximum Gasteiger partial charge on any atom is 0.252 e. The number of anilines is 3. The summed E-state index contributed by atoms with van der Waals surface area (Å²) in [7, 11) is 1.71. The van der Waals surface area contributed by atoms with E-state index in [2.05, 4.69) is 15.6 Å². The smallest absolute Gasteiger partial charge is 0.252 e. The first-order chi connectivity index (χ1) is 20.5. The van der Waals surface area contributed by atoms with Crippen molar-refractivity contribution in [1.82, 2.24) is 10.3 Å². The number of pyridine rings is 1. The number of nitrogens with one attached hydrogen (secondary N) is 2. The molecule has 1 saturated carbocycles. The van der Waals surface area contributed by atoms with Crippen LogP contribution in [0.5, 0.6) is 0 Å². The molecule has 43 heavy (non-hydrogen) atoms. The summed E-state index contributed by atoms with van der Waals surface area (Å²) >= 11 is 6.28. The van der Waals surface area contributed by atoms with Gasteiger partial charge in [-0.15, -0.1) is 0 Å². The van der Waals surface area contributed by atoms with Crippen LogP contribution in [0.3, 0.4) is 0 Å². The van der Waals surface area contributed by atoms with Crippen LogP contribution in [0.2, 0.25) is 5.02 Å². The number of benzene rings is 2. The molecule has 12 heteroatoms. The molecule has 2 atom stereocenters. The molecule has 3 aliphatic rings. The zero-order valence-corrected chi connectivity index (χ0v) is 24.0. The van der Waals surface area contributed by atoms with Gasteiger partial charge in [0.05, 0.1) is 0 Å². The van der Waals surface area contributed by atoms with Crippen LogP contribution in [-0.2, 0) is 26.3 Å². The molecular formula is C31H29ClF3N5O3.